The number of aryl methyl sites for hydroxylation is 2. The molecular weight excluding hydrogens is 280 g/mol. The van der Waals surface area contributed by atoms with E-state index in [1.165, 1.54) is 17.2 Å². The largest absolute Gasteiger partial charge is 0.478 e. The zero-order valence-corrected chi connectivity index (χ0v) is 12.0. The number of carboxylic acid groups (broad SMARTS) is 1. The summed E-state index contributed by atoms with van der Waals surface area (Å²) in [6, 6.07) is 4.08. The molecule has 0 aromatic heterocycles. The average Bonchev–Trinajstić information content (AvgIpc) is 2.22. The van der Waals surface area contributed by atoms with Crippen LogP contribution in [0.3, 0.4) is 0 Å². The highest BCUT2D eigenvalue weighted by molar-refractivity contribution is 9.10. The molecule has 1 rings (SSSR count). The number of carboxylic acids is 1. The molecule has 0 saturated heterocycles. The number of hydrogen-bond acceptors (Lipinski definition) is 1. The summed E-state index contributed by atoms with van der Waals surface area (Å²) >= 11 is 3.51. The van der Waals surface area contributed by atoms with Gasteiger partial charge in [0.25, 0.3) is 0 Å². The Balaban J connectivity index is 3.28. The molecule has 1 N–H and O–H groups in total. The second-order valence-electron chi connectivity index (χ2n) is 4.17. The highest BCUT2D eigenvalue weighted by Crippen LogP contribution is 2.30. The maximum Gasteiger partial charge on any atom is 0.328 e. The maximum absolute atomic E-state index is 10.8. The van der Waals surface area contributed by atoms with E-state index in [0.717, 1.165) is 28.5 Å². The summed E-state index contributed by atoms with van der Waals surface area (Å²) in [7, 11) is 0. The molecule has 0 amide bonds. The molecule has 0 aliphatic carbocycles. The SMILES string of the molecule is CCC/C(=C\C(=O)O)c1cc(C)c(C)cc1Br. The van der Waals surface area contributed by atoms with Gasteiger partial charge in [-0.3, -0.25) is 0 Å². The lowest BCUT2D eigenvalue weighted by Crippen LogP contribution is -1.95. The van der Waals surface area contributed by atoms with E-state index in [9.17, 15) is 4.79 Å². The van der Waals surface area contributed by atoms with Gasteiger partial charge in [-0.05, 0) is 48.6 Å². The molecule has 0 radical (unpaired) electrons. The molecule has 0 atom stereocenters. The third-order valence-corrected chi connectivity index (χ3v) is 3.40. The van der Waals surface area contributed by atoms with Crippen molar-refractivity contribution in [2.75, 3.05) is 0 Å². The minimum Gasteiger partial charge on any atom is -0.478 e. The molecular formula is C14H17BrO2. The molecule has 17 heavy (non-hydrogen) atoms. The van der Waals surface area contributed by atoms with Gasteiger partial charge in [-0.15, -0.1) is 0 Å². The van der Waals surface area contributed by atoms with E-state index in [2.05, 4.69) is 15.9 Å². The van der Waals surface area contributed by atoms with Crippen LogP contribution in [0.2, 0.25) is 0 Å². The van der Waals surface area contributed by atoms with Crippen molar-refractivity contribution in [3.05, 3.63) is 39.4 Å². The first-order valence-electron chi connectivity index (χ1n) is 5.66. The Morgan fingerprint density at radius 1 is 1.35 bits per heavy atom. The summed E-state index contributed by atoms with van der Waals surface area (Å²) in [6.45, 7) is 6.13. The Morgan fingerprint density at radius 2 is 1.94 bits per heavy atom. The van der Waals surface area contributed by atoms with Crippen molar-refractivity contribution in [2.45, 2.75) is 33.6 Å². The first-order valence-corrected chi connectivity index (χ1v) is 6.45. The predicted molar refractivity (Wildman–Crippen MR) is 74.1 cm³/mol. The molecule has 0 unspecified atom stereocenters. The van der Waals surface area contributed by atoms with Crippen molar-refractivity contribution in [2.24, 2.45) is 0 Å². The number of benzene rings is 1. The third-order valence-electron chi connectivity index (χ3n) is 2.75. The minimum atomic E-state index is -0.890. The van der Waals surface area contributed by atoms with E-state index in [-0.39, 0.29) is 0 Å². The van der Waals surface area contributed by atoms with Crippen molar-refractivity contribution in [1.29, 1.82) is 0 Å². The van der Waals surface area contributed by atoms with Gasteiger partial charge in [0.15, 0.2) is 0 Å². The van der Waals surface area contributed by atoms with E-state index in [0.29, 0.717) is 0 Å². The topological polar surface area (TPSA) is 37.3 Å². The van der Waals surface area contributed by atoms with E-state index in [1.807, 2.05) is 32.9 Å². The van der Waals surface area contributed by atoms with Crippen molar-refractivity contribution < 1.29 is 9.90 Å². The summed E-state index contributed by atoms with van der Waals surface area (Å²) in [5.41, 5.74) is 4.23. The summed E-state index contributed by atoms with van der Waals surface area (Å²) < 4.78 is 0.960. The molecule has 0 heterocycles. The molecule has 92 valence electrons. The Labute approximate surface area is 110 Å². The molecule has 0 fully saturated rings. The Hall–Kier alpha value is -1.09. The summed E-state index contributed by atoms with van der Waals surface area (Å²) in [5, 5.41) is 8.89. The Kier molecular flexibility index (Phi) is 4.94. The van der Waals surface area contributed by atoms with E-state index >= 15 is 0 Å². The first-order chi connectivity index (χ1) is 7.95. The monoisotopic (exact) mass is 296 g/mol. The van der Waals surface area contributed by atoms with E-state index in [4.69, 9.17) is 5.11 Å². The van der Waals surface area contributed by atoms with Crippen LogP contribution in [0.5, 0.6) is 0 Å². The highest BCUT2D eigenvalue weighted by Gasteiger charge is 2.09. The van der Waals surface area contributed by atoms with Crippen LogP contribution in [0, 0.1) is 13.8 Å². The lowest BCUT2D eigenvalue weighted by atomic mass is 9.97. The van der Waals surface area contributed by atoms with Crippen molar-refractivity contribution in [1.82, 2.24) is 0 Å². The number of hydrogen-bond donors (Lipinski definition) is 1. The zero-order chi connectivity index (χ0) is 13.0. The van der Waals surface area contributed by atoms with E-state index < -0.39 is 5.97 Å². The van der Waals surface area contributed by atoms with Gasteiger partial charge in [-0.2, -0.15) is 0 Å². The third kappa shape index (κ3) is 3.70. The second kappa shape index (κ2) is 6.01. The first kappa shape index (κ1) is 14.0. The standard InChI is InChI=1S/C14H17BrO2/c1-4-5-11(8-14(16)17)12-6-9(2)10(3)7-13(12)15/h6-8H,4-5H2,1-3H3,(H,16,17)/b11-8+. The van der Waals surface area contributed by atoms with Crippen molar-refractivity contribution in [3.63, 3.8) is 0 Å². The fourth-order valence-electron chi connectivity index (χ4n) is 1.73. The minimum absolute atomic E-state index is 0.771. The van der Waals surface area contributed by atoms with Crippen molar-refractivity contribution in [3.8, 4) is 0 Å². The van der Waals surface area contributed by atoms with Gasteiger partial charge in [0.1, 0.15) is 0 Å². The van der Waals surface area contributed by atoms with Gasteiger partial charge in [0.05, 0.1) is 0 Å². The van der Waals surface area contributed by atoms with Crippen LogP contribution in [0.4, 0.5) is 0 Å². The quantitative estimate of drug-likeness (QED) is 0.840. The summed E-state index contributed by atoms with van der Waals surface area (Å²) in [5.74, 6) is -0.890. The smallest absolute Gasteiger partial charge is 0.328 e. The second-order valence-corrected chi connectivity index (χ2v) is 5.03. The lowest BCUT2D eigenvalue weighted by molar-refractivity contribution is -0.131. The Morgan fingerprint density at radius 3 is 2.47 bits per heavy atom. The normalized spacial score (nSPS) is 11.6. The highest BCUT2D eigenvalue weighted by atomic mass is 79.9. The van der Waals surface area contributed by atoms with Crippen LogP contribution >= 0.6 is 15.9 Å². The number of aliphatic carboxylic acids is 1. The number of allylic oxidation sites excluding steroid dienone is 1. The molecule has 3 heteroatoms. The van der Waals surface area contributed by atoms with Crippen LogP contribution in [0.1, 0.15) is 36.5 Å². The Bertz CT molecular complexity index is 462. The maximum atomic E-state index is 10.8. The molecule has 0 aliphatic heterocycles. The predicted octanol–water partition coefficient (Wildman–Crippen LogP) is 4.33. The van der Waals surface area contributed by atoms with Gasteiger partial charge >= 0.3 is 5.97 Å². The molecule has 1 aromatic carbocycles. The molecule has 0 spiro atoms. The van der Waals surface area contributed by atoms with Gasteiger partial charge < -0.3 is 5.11 Å². The van der Waals surface area contributed by atoms with Crippen LogP contribution in [-0.2, 0) is 4.79 Å². The summed E-state index contributed by atoms with van der Waals surface area (Å²) in [6.07, 6.45) is 3.00. The van der Waals surface area contributed by atoms with Gasteiger partial charge in [0.2, 0.25) is 0 Å². The summed E-state index contributed by atoms with van der Waals surface area (Å²) in [4.78, 5) is 10.8. The van der Waals surface area contributed by atoms with Gasteiger partial charge in [0, 0.05) is 10.5 Å². The van der Waals surface area contributed by atoms with Crippen LogP contribution < -0.4 is 0 Å². The fraction of sp³-hybridized carbons (Fsp3) is 0.357. The number of carbonyl (C=O) groups is 1. The molecule has 0 aliphatic rings. The van der Waals surface area contributed by atoms with Gasteiger partial charge in [-0.1, -0.05) is 35.3 Å². The molecule has 0 bridgehead atoms. The van der Waals surface area contributed by atoms with E-state index in [1.54, 1.807) is 0 Å². The van der Waals surface area contributed by atoms with Crippen LogP contribution in [-0.4, -0.2) is 11.1 Å². The van der Waals surface area contributed by atoms with Gasteiger partial charge in [-0.25, -0.2) is 4.79 Å². The molecule has 1 aromatic rings. The fourth-order valence-corrected chi connectivity index (χ4v) is 2.44. The molecule has 2 nitrogen and oxygen atoms in total. The van der Waals surface area contributed by atoms with Crippen LogP contribution in [0.25, 0.3) is 5.57 Å². The average molecular weight is 297 g/mol. The van der Waals surface area contributed by atoms with Crippen molar-refractivity contribution >= 4 is 27.5 Å². The molecule has 0 saturated carbocycles. The number of rotatable bonds is 4. The van der Waals surface area contributed by atoms with Crippen LogP contribution in [0.15, 0.2) is 22.7 Å². The number of halogens is 1. The zero-order valence-electron chi connectivity index (χ0n) is 10.4. The lowest BCUT2D eigenvalue weighted by Gasteiger charge is -2.11.